The molecule has 36 heavy (non-hydrogen) atoms. The van der Waals surface area contributed by atoms with Crippen LogP contribution in [0, 0.1) is 0 Å². The summed E-state index contributed by atoms with van der Waals surface area (Å²) in [5.41, 5.74) is 5.82. The Morgan fingerprint density at radius 3 is 2.61 bits per heavy atom. The molecule has 1 fully saturated rings. The monoisotopic (exact) mass is 478 g/mol. The van der Waals surface area contributed by atoms with Gasteiger partial charge in [0.05, 0.1) is 35.8 Å². The van der Waals surface area contributed by atoms with Crippen LogP contribution in [-0.2, 0) is 4.74 Å². The highest BCUT2D eigenvalue weighted by Crippen LogP contribution is 2.33. The Morgan fingerprint density at radius 2 is 1.75 bits per heavy atom. The third-order valence-electron chi connectivity index (χ3n) is 6.44. The lowest BCUT2D eigenvalue weighted by molar-refractivity contribution is 0.0398. The van der Waals surface area contributed by atoms with E-state index in [1.807, 2.05) is 54.6 Å². The maximum atomic E-state index is 12.5. The van der Waals surface area contributed by atoms with Gasteiger partial charge in [0.25, 0.3) is 5.56 Å². The number of hydrogen-bond donors (Lipinski definition) is 2. The molecule has 180 valence electrons. The van der Waals surface area contributed by atoms with Gasteiger partial charge in [0.15, 0.2) is 5.65 Å². The number of morpholine rings is 1. The number of hydrogen-bond acceptors (Lipinski definition) is 7. The van der Waals surface area contributed by atoms with Crippen molar-refractivity contribution in [3.63, 3.8) is 0 Å². The van der Waals surface area contributed by atoms with Crippen LogP contribution in [0.25, 0.3) is 44.6 Å². The Bertz CT molecular complexity index is 1580. The Morgan fingerprint density at radius 1 is 0.917 bits per heavy atom. The highest BCUT2D eigenvalue weighted by molar-refractivity contribution is 5.93. The number of H-pyrrole nitrogens is 1. The summed E-state index contributed by atoms with van der Waals surface area (Å²) in [5, 5.41) is 4.46. The molecule has 6 rings (SSSR count). The average molecular weight is 479 g/mol. The summed E-state index contributed by atoms with van der Waals surface area (Å²) in [6, 6.07) is 21.6. The van der Waals surface area contributed by atoms with E-state index in [0.29, 0.717) is 29.1 Å². The minimum atomic E-state index is -0.214. The first-order valence-corrected chi connectivity index (χ1v) is 12.1. The Kier molecular flexibility index (Phi) is 6.11. The number of rotatable bonds is 6. The summed E-state index contributed by atoms with van der Waals surface area (Å²) in [4.78, 5) is 32.2. The number of nitrogens with zero attached hydrogens (tertiary/aromatic N) is 4. The fraction of sp³-hybridized carbons (Fsp3) is 0.214. The Hall–Kier alpha value is -4.14. The van der Waals surface area contributed by atoms with Crippen LogP contribution in [0.4, 0.5) is 5.69 Å². The molecular weight excluding hydrogens is 452 g/mol. The molecule has 0 atom stereocenters. The summed E-state index contributed by atoms with van der Waals surface area (Å²) < 4.78 is 5.44. The van der Waals surface area contributed by atoms with Crippen molar-refractivity contribution < 1.29 is 4.74 Å². The van der Waals surface area contributed by atoms with Crippen molar-refractivity contribution in [1.82, 2.24) is 24.8 Å². The largest absolute Gasteiger partial charge is 0.382 e. The van der Waals surface area contributed by atoms with Crippen LogP contribution in [0.3, 0.4) is 0 Å². The smallest absolute Gasteiger partial charge is 0.251 e. The predicted octanol–water partition coefficient (Wildman–Crippen LogP) is 3.94. The van der Waals surface area contributed by atoms with Gasteiger partial charge < -0.3 is 15.0 Å². The Balaban J connectivity index is 1.46. The van der Waals surface area contributed by atoms with Gasteiger partial charge in [0.1, 0.15) is 5.52 Å². The van der Waals surface area contributed by atoms with E-state index in [1.54, 1.807) is 12.3 Å². The standard InChI is InChI=1S/C28H26N6O2/c35-24-18-23(30-11-12-34-13-15-36-16-14-34)27-28(31-24)33-25(19-5-2-1-3-6-19)26(32-27)21-8-9-22-20(17-21)7-4-10-29-22/h1-10,17-18H,11-16H2,(H2,30,31,33,35). The van der Waals surface area contributed by atoms with Crippen LogP contribution >= 0.6 is 0 Å². The van der Waals surface area contributed by atoms with Gasteiger partial charge in [-0.25, -0.2) is 9.97 Å². The van der Waals surface area contributed by atoms with Crippen LogP contribution in [-0.4, -0.2) is 64.2 Å². The maximum Gasteiger partial charge on any atom is 0.251 e. The van der Waals surface area contributed by atoms with Gasteiger partial charge in [-0.2, -0.15) is 0 Å². The van der Waals surface area contributed by atoms with E-state index in [1.165, 1.54) is 0 Å². The molecule has 1 aliphatic rings. The molecule has 0 amide bonds. The van der Waals surface area contributed by atoms with Gasteiger partial charge in [0, 0.05) is 55.0 Å². The quantitative estimate of drug-likeness (QED) is 0.382. The third-order valence-corrected chi connectivity index (χ3v) is 6.44. The van der Waals surface area contributed by atoms with Gasteiger partial charge >= 0.3 is 0 Å². The van der Waals surface area contributed by atoms with Crippen LogP contribution < -0.4 is 10.9 Å². The zero-order valence-electron chi connectivity index (χ0n) is 19.8. The number of aromatic amines is 1. The SMILES string of the molecule is O=c1cc(NCCN2CCOCC2)c2nc(-c3ccc4ncccc4c3)c(-c3ccccc3)nc2[nH]1. The molecule has 1 aliphatic heterocycles. The second-order valence-corrected chi connectivity index (χ2v) is 8.82. The summed E-state index contributed by atoms with van der Waals surface area (Å²) in [6.07, 6.45) is 1.79. The predicted molar refractivity (Wildman–Crippen MR) is 142 cm³/mol. The average Bonchev–Trinajstić information content (AvgIpc) is 2.93. The van der Waals surface area contributed by atoms with E-state index in [4.69, 9.17) is 14.7 Å². The van der Waals surface area contributed by atoms with Crippen LogP contribution in [0.15, 0.2) is 77.7 Å². The first kappa shape index (κ1) is 22.3. The van der Waals surface area contributed by atoms with Crippen LogP contribution in [0.2, 0.25) is 0 Å². The van der Waals surface area contributed by atoms with Gasteiger partial charge in [-0.15, -0.1) is 0 Å². The molecule has 0 spiro atoms. The molecule has 3 aromatic heterocycles. The first-order valence-electron chi connectivity index (χ1n) is 12.1. The summed E-state index contributed by atoms with van der Waals surface area (Å²) in [7, 11) is 0. The molecule has 1 saturated heterocycles. The molecule has 2 N–H and O–H groups in total. The molecule has 4 heterocycles. The van der Waals surface area contributed by atoms with Crippen molar-refractivity contribution in [1.29, 1.82) is 0 Å². The molecule has 8 nitrogen and oxygen atoms in total. The van der Waals surface area contributed by atoms with E-state index in [0.717, 1.165) is 60.6 Å². The topological polar surface area (TPSA) is 96.0 Å². The molecule has 5 aromatic rings. The molecule has 0 saturated carbocycles. The molecule has 0 unspecified atom stereocenters. The van der Waals surface area contributed by atoms with Crippen molar-refractivity contribution in [2.45, 2.75) is 0 Å². The normalized spacial score (nSPS) is 14.3. The highest BCUT2D eigenvalue weighted by Gasteiger charge is 2.17. The van der Waals surface area contributed by atoms with Gasteiger partial charge in [-0.3, -0.25) is 14.7 Å². The fourth-order valence-corrected chi connectivity index (χ4v) is 4.59. The second-order valence-electron chi connectivity index (χ2n) is 8.82. The number of aromatic nitrogens is 4. The molecule has 0 bridgehead atoms. The van der Waals surface area contributed by atoms with Crippen molar-refractivity contribution in [3.8, 4) is 22.5 Å². The summed E-state index contributed by atoms with van der Waals surface area (Å²) >= 11 is 0. The van der Waals surface area contributed by atoms with E-state index in [9.17, 15) is 4.79 Å². The number of nitrogens with one attached hydrogen (secondary N) is 2. The number of ether oxygens (including phenoxy) is 1. The van der Waals surface area contributed by atoms with Crippen LogP contribution in [0.1, 0.15) is 0 Å². The second kappa shape index (κ2) is 9.85. The zero-order chi connectivity index (χ0) is 24.3. The minimum absolute atomic E-state index is 0.214. The molecule has 8 heteroatoms. The third kappa shape index (κ3) is 4.56. The Labute approximate surface area is 208 Å². The minimum Gasteiger partial charge on any atom is -0.382 e. The molecule has 0 aliphatic carbocycles. The van der Waals surface area contributed by atoms with Gasteiger partial charge in [0.2, 0.25) is 0 Å². The number of fused-ring (bicyclic) bond motifs is 2. The fourth-order valence-electron chi connectivity index (χ4n) is 4.59. The number of benzene rings is 2. The maximum absolute atomic E-state index is 12.5. The lowest BCUT2D eigenvalue weighted by Gasteiger charge is -2.26. The van der Waals surface area contributed by atoms with Gasteiger partial charge in [-0.1, -0.05) is 42.5 Å². The molecule has 2 aromatic carbocycles. The zero-order valence-corrected chi connectivity index (χ0v) is 19.8. The van der Waals surface area contributed by atoms with E-state index >= 15 is 0 Å². The first-order chi connectivity index (χ1) is 17.7. The number of anilines is 1. The molecule has 0 radical (unpaired) electrons. The molecular formula is C28H26N6O2. The van der Waals surface area contributed by atoms with Crippen molar-refractivity contribution in [2.75, 3.05) is 44.7 Å². The van der Waals surface area contributed by atoms with E-state index < -0.39 is 0 Å². The number of pyridine rings is 2. The summed E-state index contributed by atoms with van der Waals surface area (Å²) in [5.74, 6) is 0. The van der Waals surface area contributed by atoms with Crippen molar-refractivity contribution in [2.24, 2.45) is 0 Å². The van der Waals surface area contributed by atoms with Crippen molar-refractivity contribution >= 4 is 27.8 Å². The van der Waals surface area contributed by atoms with E-state index in [2.05, 4.69) is 26.3 Å². The lowest BCUT2D eigenvalue weighted by atomic mass is 10.0. The van der Waals surface area contributed by atoms with Crippen LogP contribution in [0.5, 0.6) is 0 Å². The lowest BCUT2D eigenvalue weighted by Crippen LogP contribution is -2.39. The summed E-state index contributed by atoms with van der Waals surface area (Å²) in [6.45, 7) is 4.89. The van der Waals surface area contributed by atoms with E-state index in [-0.39, 0.29) is 5.56 Å². The van der Waals surface area contributed by atoms with Crippen molar-refractivity contribution in [3.05, 3.63) is 83.3 Å². The highest BCUT2D eigenvalue weighted by atomic mass is 16.5. The van der Waals surface area contributed by atoms with Gasteiger partial charge in [-0.05, 0) is 18.2 Å².